The van der Waals surface area contributed by atoms with Crippen LogP contribution in [0.15, 0.2) is 59.1 Å². The Morgan fingerprint density at radius 1 is 0.957 bits per heavy atom. The van der Waals surface area contributed by atoms with Crippen molar-refractivity contribution >= 4 is 43.6 Å². The van der Waals surface area contributed by atoms with Gasteiger partial charge in [0.1, 0.15) is 0 Å². The van der Waals surface area contributed by atoms with Crippen LogP contribution in [0.2, 0.25) is 0 Å². The van der Waals surface area contributed by atoms with Gasteiger partial charge in [0.15, 0.2) is 5.65 Å². The summed E-state index contributed by atoms with van der Waals surface area (Å²) in [6, 6.07) is 18.1. The van der Waals surface area contributed by atoms with Gasteiger partial charge in [0.05, 0.1) is 16.9 Å². The van der Waals surface area contributed by atoms with Gasteiger partial charge in [-0.1, -0.05) is 42.5 Å². The molecule has 0 radical (unpaired) electrons. The number of para-hydroxylation sites is 1. The lowest BCUT2D eigenvalue weighted by molar-refractivity contribution is 1.30. The van der Waals surface area contributed by atoms with E-state index in [1.165, 1.54) is 0 Å². The Labute approximate surface area is 142 Å². The number of aromatic nitrogens is 2. The number of benzene rings is 2. The molecule has 0 saturated carbocycles. The fourth-order valence-corrected chi connectivity index (χ4v) is 3.37. The highest BCUT2D eigenvalue weighted by molar-refractivity contribution is 9.10. The van der Waals surface area contributed by atoms with Crippen LogP contribution in [-0.2, 0) is 0 Å². The summed E-state index contributed by atoms with van der Waals surface area (Å²) in [5.41, 5.74) is 11.7. The molecular weight excluding hydrogens is 350 g/mol. The van der Waals surface area contributed by atoms with Crippen LogP contribution < -0.4 is 5.73 Å². The van der Waals surface area contributed by atoms with Gasteiger partial charge in [0.2, 0.25) is 0 Å². The Hall–Kier alpha value is -2.46. The summed E-state index contributed by atoms with van der Waals surface area (Å²) in [7, 11) is 0. The summed E-state index contributed by atoms with van der Waals surface area (Å²) >= 11 is 3.55. The number of fused-ring (bicyclic) bond motifs is 2. The van der Waals surface area contributed by atoms with E-state index >= 15 is 0 Å². The minimum absolute atomic E-state index is 0.681. The number of pyridine rings is 2. The molecule has 2 heterocycles. The van der Waals surface area contributed by atoms with E-state index in [-0.39, 0.29) is 0 Å². The second-order valence-corrected chi connectivity index (χ2v) is 6.40. The first-order valence-electron chi connectivity index (χ1n) is 7.35. The Morgan fingerprint density at radius 3 is 2.52 bits per heavy atom. The molecule has 0 spiro atoms. The molecule has 0 aliphatic heterocycles. The fourth-order valence-electron chi connectivity index (χ4n) is 2.91. The number of halogens is 1. The SMILES string of the molecule is Cc1cc(-c2ccccc2)nc2nc3c(Br)cccc3c(N)c12. The third kappa shape index (κ3) is 2.26. The van der Waals surface area contributed by atoms with E-state index in [9.17, 15) is 0 Å². The number of rotatable bonds is 1. The van der Waals surface area contributed by atoms with Crippen molar-refractivity contribution in [2.45, 2.75) is 6.92 Å². The summed E-state index contributed by atoms with van der Waals surface area (Å²) in [4.78, 5) is 9.49. The lowest BCUT2D eigenvalue weighted by atomic mass is 10.0. The first-order chi connectivity index (χ1) is 11.1. The van der Waals surface area contributed by atoms with E-state index in [1.54, 1.807) is 0 Å². The van der Waals surface area contributed by atoms with Crippen LogP contribution in [0.1, 0.15) is 5.56 Å². The summed E-state index contributed by atoms with van der Waals surface area (Å²) in [5, 5.41) is 1.87. The Balaban J connectivity index is 2.10. The largest absolute Gasteiger partial charge is 0.398 e. The van der Waals surface area contributed by atoms with Gasteiger partial charge in [-0.25, -0.2) is 9.97 Å². The van der Waals surface area contributed by atoms with E-state index in [2.05, 4.69) is 28.9 Å². The van der Waals surface area contributed by atoms with Gasteiger partial charge < -0.3 is 5.73 Å². The number of nitrogens with zero attached hydrogens (tertiary/aromatic N) is 2. The predicted octanol–water partition coefficient (Wildman–Crippen LogP) is 5.10. The first kappa shape index (κ1) is 14.2. The highest BCUT2D eigenvalue weighted by atomic mass is 79.9. The van der Waals surface area contributed by atoms with Crippen molar-refractivity contribution in [2.75, 3.05) is 5.73 Å². The molecule has 2 aromatic heterocycles. The first-order valence-corrected chi connectivity index (χ1v) is 8.15. The molecule has 0 aliphatic carbocycles. The molecule has 4 heteroatoms. The average molecular weight is 364 g/mol. The molecule has 0 saturated heterocycles. The minimum atomic E-state index is 0.681. The second kappa shape index (κ2) is 5.32. The number of nitrogens with two attached hydrogens (primary N) is 1. The van der Waals surface area contributed by atoms with E-state index in [1.807, 2.05) is 48.5 Å². The van der Waals surface area contributed by atoms with Gasteiger partial charge in [-0.3, -0.25) is 0 Å². The Morgan fingerprint density at radius 2 is 1.74 bits per heavy atom. The maximum Gasteiger partial charge on any atom is 0.162 e. The van der Waals surface area contributed by atoms with Gasteiger partial charge in [-0.05, 0) is 40.5 Å². The van der Waals surface area contributed by atoms with Gasteiger partial charge in [0.25, 0.3) is 0 Å². The smallest absolute Gasteiger partial charge is 0.162 e. The minimum Gasteiger partial charge on any atom is -0.398 e. The second-order valence-electron chi connectivity index (χ2n) is 5.55. The molecule has 112 valence electrons. The monoisotopic (exact) mass is 363 g/mol. The van der Waals surface area contributed by atoms with E-state index in [0.29, 0.717) is 5.65 Å². The van der Waals surface area contributed by atoms with Crippen LogP contribution in [0.4, 0.5) is 5.69 Å². The normalized spacial score (nSPS) is 11.2. The summed E-state index contributed by atoms with van der Waals surface area (Å²) in [5.74, 6) is 0. The van der Waals surface area contributed by atoms with E-state index in [4.69, 9.17) is 15.7 Å². The molecule has 4 rings (SSSR count). The highest BCUT2D eigenvalue weighted by Gasteiger charge is 2.13. The zero-order valence-electron chi connectivity index (χ0n) is 12.5. The summed E-state index contributed by atoms with van der Waals surface area (Å²) in [6.07, 6.45) is 0. The van der Waals surface area contributed by atoms with Crippen molar-refractivity contribution in [1.82, 2.24) is 9.97 Å². The number of hydrogen-bond acceptors (Lipinski definition) is 3. The number of anilines is 1. The zero-order chi connectivity index (χ0) is 16.0. The predicted molar refractivity (Wildman–Crippen MR) is 99.3 cm³/mol. The van der Waals surface area contributed by atoms with Crippen molar-refractivity contribution in [3.63, 3.8) is 0 Å². The van der Waals surface area contributed by atoms with Gasteiger partial charge in [-0.15, -0.1) is 0 Å². The van der Waals surface area contributed by atoms with Crippen molar-refractivity contribution in [2.24, 2.45) is 0 Å². The third-order valence-electron chi connectivity index (χ3n) is 4.03. The molecular formula is C19H14BrN3. The average Bonchev–Trinajstić information content (AvgIpc) is 2.56. The van der Waals surface area contributed by atoms with E-state index < -0.39 is 0 Å². The maximum absolute atomic E-state index is 6.41. The molecule has 2 aromatic carbocycles. The molecule has 23 heavy (non-hydrogen) atoms. The standard InChI is InChI=1S/C19H14BrN3/c1-11-10-15(12-6-3-2-4-7-12)22-19-16(11)17(21)13-8-5-9-14(20)18(13)23-19/h2-10H,1H3,(H2,21,22,23). The van der Waals surface area contributed by atoms with Crippen molar-refractivity contribution < 1.29 is 0 Å². The van der Waals surface area contributed by atoms with Gasteiger partial charge in [0, 0.05) is 20.8 Å². The molecule has 0 amide bonds. The molecule has 0 unspecified atom stereocenters. The third-order valence-corrected chi connectivity index (χ3v) is 4.67. The van der Waals surface area contributed by atoms with E-state index in [0.717, 1.165) is 43.3 Å². The van der Waals surface area contributed by atoms with Crippen molar-refractivity contribution in [3.05, 3.63) is 64.6 Å². The van der Waals surface area contributed by atoms with Crippen LogP contribution in [0, 0.1) is 6.92 Å². The Kier molecular flexibility index (Phi) is 3.27. The topological polar surface area (TPSA) is 51.8 Å². The quantitative estimate of drug-likeness (QED) is 0.478. The van der Waals surface area contributed by atoms with Gasteiger partial charge >= 0.3 is 0 Å². The van der Waals surface area contributed by atoms with Gasteiger partial charge in [-0.2, -0.15) is 0 Å². The van der Waals surface area contributed by atoms with Crippen LogP contribution in [0.25, 0.3) is 33.2 Å². The fraction of sp³-hybridized carbons (Fsp3) is 0.0526. The molecule has 0 bridgehead atoms. The van der Waals surface area contributed by atoms with Crippen LogP contribution in [-0.4, -0.2) is 9.97 Å². The maximum atomic E-state index is 6.41. The van der Waals surface area contributed by atoms with Crippen LogP contribution in [0.3, 0.4) is 0 Å². The van der Waals surface area contributed by atoms with Crippen LogP contribution >= 0.6 is 15.9 Å². The van der Waals surface area contributed by atoms with Crippen molar-refractivity contribution in [3.8, 4) is 11.3 Å². The zero-order valence-corrected chi connectivity index (χ0v) is 14.1. The highest BCUT2D eigenvalue weighted by Crippen LogP contribution is 2.34. The number of hydrogen-bond donors (Lipinski definition) is 1. The number of aryl methyl sites for hydroxylation is 1. The Bertz CT molecular complexity index is 1040. The molecule has 3 nitrogen and oxygen atoms in total. The lowest BCUT2D eigenvalue weighted by Gasteiger charge is -2.11. The molecule has 0 aliphatic rings. The van der Waals surface area contributed by atoms with Crippen molar-refractivity contribution in [1.29, 1.82) is 0 Å². The molecule has 0 fully saturated rings. The number of nitrogen functional groups attached to an aromatic ring is 1. The molecule has 0 atom stereocenters. The van der Waals surface area contributed by atoms with Crippen LogP contribution in [0.5, 0.6) is 0 Å². The molecule has 4 aromatic rings. The molecule has 2 N–H and O–H groups in total. The lowest BCUT2D eigenvalue weighted by Crippen LogP contribution is -1.98. The summed E-state index contributed by atoms with van der Waals surface area (Å²) < 4.78 is 0.924. The summed E-state index contributed by atoms with van der Waals surface area (Å²) in [6.45, 7) is 2.05.